The monoisotopic (exact) mass is 322 g/mol. The summed E-state index contributed by atoms with van der Waals surface area (Å²) in [5.74, 6) is 0. The Morgan fingerprint density at radius 3 is 2.76 bits per heavy atom. The smallest absolute Gasteiger partial charge is 0.241 e. The van der Waals surface area contributed by atoms with Gasteiger partial charge in [0.05, 0.1) is 11.0 Å². The molecule has 0 aliphatic carbocycles. The van der Waals surface area contributed by atoms with Gasteiger partial charge in [0.2, 0.25) is 10.0 Å². The fourth-order valence-corrected chi connectivity index (χ4v) is 3.25. The number of sulfonamides is 1. The zero-order valence-electron chi connectivity index (χ0n) is 9.35. The molecule has 0 aliphatic rings. The summed E-state index contributed by atoms with van der Waals surface area (Å²) in [6, 6.07) is 4.58. The highest BCUT2D eigenvalue weighted by Gasteiger charge is 2.17. The summed E-state index contributed by atoms with van der Waals surface area (Å²) in [5, 5.41) is 9.05. The summed E-state index contributed by atoms with van der Waals surface area (Å²) in [7, 11) is -3.60. The fourth-order valence-electron chi connectivity index (χ4n) is 1.21. The van der Waals surface area contributed by atoms with E-state index in [2.05, 4.69) is 20.7 Å². The van der Waals surface area contributed by atoms with Crippen molar-refractivity contribution < 1.29 is 13.5 Å². The van der Waals surface area contributed by atoms with Crippen LogP contribution in [0.2, 0.25) is 0 Å². The fraction of sp³-hybridized carbons (Fsp3) is 0.400. The number of rotatable bonds is 5. The number of benzene rings is 1. The second-order valence-electron chi connectivity index (χ2n) is 3.73. The van der Waals surface area contributed by atoms with E-state index < -0.39 is 16.1 Å². The molecule has 0 fully saturated rings. The van der Waals surface area contributed by atoms with Gasteiger partial charge >= 0.3 is 0 Å². The predicted octanol–water partition coefficient (Wildman–Crippen LogP) is 1.08. The molecule has 0 saturated heterocycles. The van der Waals surface area contributed by atoms with Crippen molar-refractivity contribution in [2.24, 2.45) is 0 Å². The SMILES string of the molecule is CC(O)CCNS(=O)(=O)c1cc(N)ccc1Br. The van der Waals surface area contributed by atoms with E-state index in [1.807, 2.05) is 0 Å². The third-order valence-electron chi connectivity index (χ3n) is 2.10. The van der Waals surface area contributed by atoms with Crippen LogP contribution in [0.15, 0.2) is 27.6 Å². The highest BCUT2D eigenvalue weighted by Crippen LogP contribution is 2.23. The van der Waals surface area contributed by atoms with Gasteiger partial charge in [0.15, 0.2) is 0 Å². The van der Waals surface area contributed by atoms with Gasteiger partial charge in [-0.15, -0.1) is 0 Å². The molecule has 0 heterocycles. The van der Waals surface area contributed by atoms with Crippen molar-refractivity contribution in [3.63, 3.8) is 0 Å². The van der Waals surface area contributed by atoms with Crippen LogP contribution in [0.25, 0.3) is 0 Å². The highest BCUT2D eigenvalue weighted by atomic mass is 79.9. The average Bonchev–Trinajstić information content (AvgIpc) is 2.20. The number of aliphatic hydroxyl groups is 1. The summed E-state index contributed by atoms with van der Waals surface area (Å²) in [6.07, 6.45) is -0.180. The largest absolute Gasteiger partial charge is 0.399 e. The number of hydrogen-bond donors (Lipinski definition) is 3. The molecule has 0 aliphatic heterocycles. The number of halogens is 1. The third kappa shape index (κ3) is 4.27. The Morgan fingerprint density at radius 2 is 2.18 bits per heavy atom. The molecule has 4 N–H and O–H groups in total. The van der Waals surface area contributed by atoms with Gasteiger partial charge in [0.25, 0.3) is 0 Å². The molecule has 1 aromatic rings. The Bertz CT molecular complexity index is 488. The molecule has 0 saturated carbocycles. The van der Waals surface area contributed by atoms with Gasteiger partial charge < -0.3 is 10.8 Å². The van der Waals surface area contributed by atoms with Crippen molar-refractivity contribution in [3.05, 3.63) is 22.7 Å². The van der Waals surface area contributed by atoms with Gasteiger partial charge in [-0.25, -0.2) is 13.1 Å². The molecule has 0 spiro atoms. The Kier molecular flexibility index (Phi) is 4.93. The average molecular weight is 323 g/mol. The Hall–Kier alpha value is -0.630. The second-order valence-corrected chi connectivity index (χ2v) is 6.32. The van der Waals surface area contributed by atoms with E-state index in [-0.39, 0.29) is 11.4 Å². The molecule has 0 radical (unpaired) electrons. The lowest BCUT2D eigenvalue weighted by Crippen LogP contribution is -2.27. The lowest BCUT2D eigenvalue weighted by atomic mass is 10.3. The number of anilines is 1. The maximum Gasteiger partial charge on any atom is 0.241 e. The van der Waals surface area contributed by atoms with Gasteiger partial charge in [-0.2, -0.15) is 0 Å². The first kappa shape index (κ1) is 14.4. The summed E-state index contributed by atoms with van der Waals surface area (Å²) in [4.78, 5) is 0.100. The molecule has 0 aromatic heterocycles. The molecule has 7 heteroatoms. The van der Waals surface area contributed by atoms with Crippen LogP contribution >= 0.6 is 15.9 Å². The lowest BCUT2D eigenvalue weighted by Gasteiger charge is -2.10. The van der Waals surface area contributed by atoms with Crippen LogP contribution in [0.1, 0.15) is 13.3 Å². The van der Waals surface area contributed by atoms with Crippen molar-refractivity contribution >= 4 is 31.6 Å². The maximum absolute atomic E-state index is 11.9. The summed E-state index contributed by atoms with van der Waals surface area (Å²) >= 11 is 3.16. The molecule has 1 rings (SSSR count). The van der Waals surface area contributed by atoms with E-state index in [1.54, 1.807) is 19.1 Å². The van der Waals surface area contributed by atoms with E-state index in [4.69, 9.17) is 10.8 Å². The quantitative estimate of drug-likeness (QED) is 0.707. The molecule has 0 amide bonds. The Labute approximate surface area is 109 Å². The van der Waals surface area contributed by atoms with Crippen LogP contribution in [0.4, 0.5) is 5.69 Å². The van der Waals surface area contributed by atoms with E-state index in [0.717, 1.165) is 0 Å². The van der Waals surface area contributed by atoms with Gasteiger partial charge in [0, 0.05) is 16.7 Å². The lowest BCUT2D eigenvalue weighted by molar-refractivity contribution is 0.186. The van der Waals surface area contributed by atoms with Crippen LogP contribution < -0.4 is 10.5 Å². The highest BCUT2D eigenvalue weighted by molar-refractivity contribution is 9.10. The van der Waals surface area contributed by atoms with Crippen LogP contribution in [-0.2, 0) is 10.0 Å². The van der Waals surface area contributed by atoms with Crippen molar-refractivity contribution in [3.8, 4) is 0 Å². The molecule has 5 nitrogen and oxygen atoms in total. The molecule has 17 heavy (non-hydrogen) atoms. The Balaban J connectivity index is 2.86. The zero-order valence-corrected chi connectivity index (χ0v) is 11.8. The first-order valence-corrected chi connectivity index (χ1v) is 7.33. The Morgan fingerprint density at radius 1 is 1.53 bits per heavy atom. The van der Waals surface area contributed by atoms with Crippen LogP contribution in [-0.4, -0.2) is 26.2 Å². The number of nitrogen functional groups attached to an aromatic ring is 1. The first-order valence-electron chi connectivity index (χ1n) is 5.05. The zero-order chi connectivity index (χ0) is 13.1. The number of aliphatic hydroxyl groups excluding tert-OH is 1. The van der Waals surface area contributed by atoms with Gasteiger partial charge in [-0.05, 0) is 47.5 Å². The molecule has 0 bridgehead atoms. The predicted molar refractivity (Wildman–Crippen MR) is 70.0 cm³/mol. The maximum atomic E-state index is 11.9. The third-order valence-corrected chi connectivity index (χ3v) is 4.55. The summed E-state index contributed by atoms with van der Waals surface area (Å²) in [6.45, 7) is 1.78. The van der Waals surface area contributed by atoms with Gasteiger partial charge in [-0.3, -0.25) is 0 Å². The molecular weight excluding hydrogens is 308 g/mol. The van der Waals surface area contributed by atoms with Crippen molar-refractivity contribution in [1.29, 1.82) is 0 Å². The number of nitrogens with one attached hydrogen (secondary N) is 1. The minimum Gasteiger partial charge on any atom is -0.399 e. The molecular formula is C10H15BrN2O3S. The molecule has 96 valence electrons. The summed E-state index contributed by atoms with van der Waals surface area (Å²) < 4.78 is 26.7. The van der Waals surface area contributed by atoms with Crippen molar-refractivity contribution in [1.82, 2.24) is 4.72 Å². The topological polar surface area (TPSA) is 92.4 Å². The minimum atomic E-state index is -3.60. The number of nitrogens with two attached hydrogens (primary N) is 1. The van der Waals surface area contributed by atoms with E-state index in [9.17, 15) is 8.42 Å². The van der Waals surface area contributed by atoms with Crippen molar-refractivity contribution in [2.45, 2.75) is 24.3 Å². The molecule has 1 aromatic carbocycles. The first-order chi connectivity index (χ1) is 7.83. The van der Waals surface area contributed by atoms with Crippen molar-refractivity contribution in [2.75, 3.05) is 12.3 Å². The van der Waals surface area contributed by atoms with Crippen LogP contribution in [0, 0.1) is 0 Å². The van der Waals surface area contributed by atoms with Crippen LogP contribution in [0.5, 0.6) is 0 Å². The molecule has 1 atom stereocenters. The molecule has 1 unspecified atom stereocenters. The number of hydrogen-bond acceptors (Lipinski definition) is 4. The van der Waals surface area contributed by atoms with E-state index in [0.29, 0.717) is 16.6 Å². The van der Waals surface area contributed by atoms with E-state index in [1.165, 1.54) is 6.07 Å². The minimum absolute atomic E-state index is 0.100. The second kappa shape index (κ2) is 5.81. The van der Waals surface area contributed by atoms with Gasteiger partial charge in [-0.1, -0.05) is 0 Å². The standard InChI is InChI=1S/C10H15BrN2O3S/c1-7(14)4-5-13-17(15,16)10-6-8(12)2-3-9(10)11/h2-3,6-7,13-14H,4-5,12H2,1H3. The summed E-state index contributed by atoms with van der Waals surface area (Å²) in [5.41, 5.74) is 5.93. The normalized spacial score (nSPS) is 13.6. The van der Waals surface area contributed by atoms with Crippen LogP contribution in [0.3, 0.4) is 0 Å². The van der Waals surface area contributed by atoms with Gasteiger partial charge in [0.1, 0.15) is 0 Å². The van der Waals surface area contributed by atoms with E-state index >= 15 is 0 Å².